The van der Waals surface area contributed by atoms with E-state index in [0.717, 1.165) is 19.5 Å². The molecule has 2 heterocycles. The highest BCUT2D eigenvalue weighted by molar-refractivity contribution is 5.98. The Kier molecular flexibility index (Phi) is 2.94. The number of para-hydroxylation sites is 1. The van der Waals surface area contributed by atoms with Gasteiger partial charge in [-0.2, -0.15) is 0 Å². The highest BCUT2D eigenvalue weighted by Crippen LogP contribution is 2.30. The van der Waals surface area contributed by atoms with Crippen LogP contribution in [0.15, 0.2) is 24.3 Å². The second kappa shape index (κ2) is 4.62. The number of carbonyl (C=O) groups is 1. The van der Waals surface area contributed by atoms with Gasteiger partial charge in [-0.1, -0.05) is 12.1 Å². The van der Waals surface area contributed by atoms with Gasteiger partial charge in [-0.05, 0) is 18.4 Å². The van der Waals surface area contributed by atoms with E-state index in [1.165, 1.54) is 12.1 Å². The van der Waals surface area contributed by atoms with Crippen LogP contribution < -0.4 is 5.32 Å². The third kappa shape index (κ3) is 1.98. The Balaban J connectivity index is 1.90. The van der Waals surface area contributed by atoms with E-state index in [4.69, 9.17) is 0 Å². The fourth-order valence-corrected chi connectivity index (χ4v) is 3.07. The summed E-state index contributed by atoms with van der Waals surface area (Å²) < 4.78 is 0. The van der Waals surface area contributed by atoms with Gasteiger partial charge in [-0.3, -0.25) is 14.9 Å². The van der Waals surface area contributed by atoms with Gasteiger partial charge in [0.05, 0.1) is 4.92 Å². The summed E-state index contributed by atoms with van der Waals surface area (Å²) in [4.78, 5) is 24.8. The van der Waals surface area contributed by atoms with E-state index in [-0.39, 0.29) is 23.2 Å². The Hall–Kier alpha value is -1.95. The molecule has 2 aliphatic rings. The molecule has 2 atom stereocenters. The molecule has 0 aromatic heterocycles. The van der Waals surface area contributed by atoms with Crippen molar-refractivity contribution in [2.45, 2.75) is 12.5 Å². The zero-order valence-corrected chi connectivity index (χ0v) is 10.4. The standard InChI is InChI=1S/C13H15N3O3/c17-13(10-3-1-2-4-11(10)16(18)19)15-6-5-9-7-14-8-12(9)15/h1-4,9,12,14H,5-8H2/t9-,12+/m0/s1. The molecule has 0 aliphatic carbocycles. The molecule has 0 radical (unpaired) electrons. The summed E-state index contributed by atoms with van der Waals surface area (Å²) in [5, 5.41) is 14.3. The molecule has 1 aromatic carbocycles. The van der Waals surface area contributed by atoms with Crippen molar-refractivity contribution in [1.29, 1.82) is 0 Å². The second-order valence-corrected chi connectivity index (χ2v) is 5.05. The Bertz CT molecular complexity index is 532. The molecule has 2 saturated heterocycles. The van der Waals surface area contributed by atoms with Crippen molar-refractivity contribution >= 4 is 11.6 Å². The largest absolute Gasteiger partial charge is 0.334 e. The van der Waals surface area contributed by atoms with Crippen LogP contribution >= 0.6 is 0 Å². The Morgan fingerprint density at radius 3 is 2.95 bits per heavy atom. The molecule has 1 aromatic rings. The molecular weight excluding hydrogens is 246 g/mol. The van der Waals surface area contributed by atoms with Crippen LogP contribution in [0, 0.1) is 16.0 Å². The topological polar surface area (TPSA) is 75.5 Å². The number of nitro groups is 1. The molecule has 6 heteroatoms. The SMILES string of the molecule is O=C(c1ccccc1[N+](=O)[O-])N1CC[C@H]2CNC[C@H]21. The molecule has 1 amide bonds. The van der Waals surface area contributed by atoms with Crippen molar-refractivity contribution in [2.24, 2.45) is 5.92 Å². The summed E-state index contributed by atoms with van der Waals surface area (Å²) in [5.74, 6) is 0.273. The van der Waals surface area contributed by atoms with Crippen molar-refractivity contribution in [3.05, 3.63) is 39.9 Å². The number of nitro benzene ring substituents is 1. The molecule has 1 N–H and O–H groups in total. The minimum Gasteiger partial charge on any atom is -0.334 e. The van der Waals surface area contributed by atoms with Gasteiger partial charge >= 0.3 is 0 Å². The zero-order chi connectivity index (χ0) is 13.4. The van der Waals surface area contributed by atoms with Crippen LogP contribution in [0.3, 0.4) is 0 Å². The molecule has 2 fully saturated rings. The van der Waals surface area contributed by atoms with Crippen LogP contribution in [0.5, 0.6) is 0 Å². The molecule has 6 nitrogen and oxygen atoms in total. The smallest absolute Gasteiger partial charge is 0.282 e. The third-order valence-electron chi connectivity index (χ3n) is 4.04. The fraction of sp³-hybridized carbons (Fsp3) is 0.462. The lowest BCUT2D eigenvalue weighted by Gasteiger charge is -2.23. The molecule has 3 rings (SSSR count). The highest BCUT2D eigenvalue weighted by atomic mass is 16.6. The van der Waals surface area contributed by atoms with E-state index in [0.29, 0.717) is 12.5 Å². The van der Waals surface area contributed by atoms with E-state index in [9.17, 15) is 14.9 Å². The molecule has 0 saturated carbocycles. The predicted molar refractivity (Wildman–Crippen MR) is 68.9 cm³/mol. The van der Waals surface area contributed by atoms with Crippen LogP contribution in [0.25, 0.3) is 0 Å². The molecular formula is C13H15N3O3. The number of hydrogen-bond donors (Lipinski definition) is 1. The lowest BCUT2D eigenvalue weighted by molar-refractivity contribution is -0.385. The first-order valence-corrected chi connectivity index (χ1v) is 6.43. The Morgan fingerprint density at radius 1 is 1.37 bits per heavy atom. The van der Waals surface area contributed by atoms with Gasteiger partial charge in [0.1, 0.15) is 5.56 Å². The summed E-state index contributed by atoms with van der Waals surface area (Å²) in [7, 11) is 0. The van der Waals surface area contributed by atoms with Gasteiger partial charge in [0.2, 0.25) is 0 Å². The first-order chi connectivity index (χ1) is 9.18. The van der Waals surface area contributed by atoms with E-state index in [2.05, 4.69) is 5.32 Å². The second-order valence-electron chi connectivity index (χ2n) is 5.05. The van der Waals surface area contributed by atoms with Crippen molar-refractivity contribution in [3.8, 4) is 0 Å². The molecule has 19 heavy (non-hydrogen) atoms. The molecule has 0 unspecified atom stereocenters. The summed E-state index contributed by atoms with van der Waals surface area (Å²) in [6.45, 7) is 2.42. The molecule has 0 bridgehead atoms. The molecule has 2 aliphatic heterocycles. The van der Waals surface area contributed by atoms with Crippen LogP contribution in [0.4, 0.5) is 5.69 Å². The quantitative estimate of drug-likeness (QED) is 0.637. The van der Waals surface area contributed by atoms with Gasteiger partial charge in [0, 0.05) is 31.7 Å². The van der Waals surface area contributed by atoms with Crippen molar-refractivity contribution < 1.29 is 9.72 Å². The third-order valence-corrected chi connectivity index (χ3v) is 4.04. The fourth-order valence-electron chi connectivity index (χ4n) is 3.07. The van der Waals surface area contributed by atoms with Crippen LogP contribution in [0.1, 0.15) is 16.8 Å². The normalized spacial score (nSPS) is 25.4. The number of rotatable bonds is 2. The van der Waals surface area contributed by atoms with Gasteiger partial charge < -0.3 is 10.2 Å². The van der Waals surface area contributed by atoms with E-state index >= 15 is 0 Å². The number of nitrogens with one attached hydrogen (secondary N) is 1. The summed E-state index contributed by atoms with van der Waals surface area (Å²) in [5.41, 5.74) is 0.0851. The van der Waals surface area contributed by atoms with Gasteiger partial charge in [-0.25, -0.2) is 0 Å². The number of nitrogens with zero attached hydrogens (tertiary/aromatic N) is 2. The van der Waals surface area contributed by atoms with Crippen LogP contribution in [0.2, 0.25) is 0 Å². The molecule has 0 spiro atoms. The average molecular weight is 261 g/mol. The number of benzene rings is 1. The molecule has 100 valence electrons. The lowest BCUT2D eigenvalue weighted by atomic mass is 10.0. The van der Waals surface area contributed by atoms with E-state index in [1.54, 1.807) is 17.0 Å². The Labute approximate surface area is 110 Å². The average Bonchev–Trinajstić information content (AvgIpc) is 3.00. The van der Waals surface area contributed by atoms with Crippen molar-refractivity contribution in [2.75, 3.05) is 19.6 Å². The van der Waals surface area contributed by atoms with Crippen molar-refractivity contribution in [1.82, 2.24) is 10.2 Å². The number of carbonyl (C=O) groups excluding carboxylic acids is 1. The van der Waals surface area contributed by atoms with Gasteiger partial charge in [0.25, 0.3) is 11.6 Å². The zero-order valence-electron chi connectivity index (χ0n) is 10.4. The number of amides is 1. The van der Waals surface area contributed by atoms with E-state index in [1.807, 2.05) is 0 Å². The monoisotopic (exact) mass is 261 g/mol. The minimum absolute atomic E-state index is 0.109. The summed E-state index contributed by atoms with van der Waals surface area (Å²) >= 11 is 0. The van der Waals surface area contributed by atoms with Gasteiger partial charge in [-0.15, -0.1) is 0 Å². The number of fused-ring (bicyclic) bond motifs is 1. The van der Waals surface area contributed by atoms with E-state index < -0.39 is 4.92 Å². The maximum Gasteiger partial charge on any atom is 0.282 e. The highest BCUT2D eigenvalue weighted by Gasteiger charge is 2.41. The number of hydrogen-bond acceptors (Lipinski definition) is 4. The first kappa shape index (κ1) is 12.1. The van der Waals surface area contributed by atoms with Crippen LogP contribution in [-0.2, 0) is 0 Å². The first-order valence-electron chi connectivity index (χ1n) is 6.43. The summed E-state index contributed by atoms with van der Waals surface area (Å²) in [6.07, 6.45) is 0.976. The van der Waals surface area contributed by atoms with Crippen LogP contribution in [-0.4, -0.2) is 41.4 Å². The van der Waals surface area contributed by atoms with Gasteiger partial charge in [0.15, 0.2) is 0 Å². The maximum atomic E-state index is 12.5. The van der Waals surface area contributed by atoms with Crippen molar-refractivity contribution in [3.63, 3.8) is 0 Å². The minimum atomic E-state index is -0.492. The lowest BCUT2D eigenvalue weighted by Crippen LogP contribution is -2.39. The Morgan fingerprint density at radius 2 is 2.16 bits per heavy atom. The maximum absolute atomic E-state index is 12.5. The summed E-state index contributed by atoms with van der Waals surface area (Å²) in [6, 6.07) is 6.36. The number of likely N-dealkylation sites (tertiary alicyclic amines) is 1. The predicted octanol–water partition coefficient (Wildman–Crippen LogP) is 1.03.